The molecule has 1 atom stereocenters. The molecule has 6 aromatic rings. The van der Waals surface area contributed by atoms with Crippen molar-refractivity contribution in [1.29, 1.82) is 0 Å². The average Bonchev–Trinajstić information content (AvgIpc) is 3.96. The zero-order valence-corrected chi connectivity index (χ0v) is 30.1. The number of nitrogens with zero attached hydrogens (tertiary/aromatic N) is 6. The van der Waals surface area contributed by atoms with Crippen LogP contribution in [0.15, 0.2) is 86.0 Å². The van der Waals surface area contributed by atoms with Gasteiger partial charge in [-0.25, -0.2) is 19.9 Å². The van der Waals surface area contributed by atoms with E-state index in [1.807, 2.05) is 75.7 Å². The van der Waals surface area contributed by atoms with E-state index in [-0.39, 0.29) is 25.2 Å². The van der Waals surface area contributed by atoms with Gasteiger partial charge in [-0.2, -0.15) is 12.6 Å². The molecule has 0 amide bonds. The van der Waals surface area contributed by atoms with Gasteiger partial charge in [0.05, 0.1) is 37.6 Å². The molecule has 16 heteroatoms. The minimum absolute atomic E-state index is 0. The van der Waals surface area contributed by atoms with Crippen LogP contribution in [-0.4, -0.2) is 73.8 Å². The SMILES string of the molecule is C.COc1cc(C2NCCS2)c(OCc2cccn3ccnc23)cn1.COc1cc(C=O)c(OCc2cccn3ccnc23)cn1.Cl.NCCS. The number of hydrogen-bond donors (Lipinski definition) is 3. The van der Waals surface area contributed by atoms with Crippen LogP contribution in [0.3, 0.4) is 0 Å². The molecule has 0 aromatic carbocycles. The third kappa shape index (κ3) is 10.7. The largest absolute Gasteiger partial charge is 0.487 e. The number of fused-ring (bicyclic) bond motifs is 2. The molecule has 1 aliphatic rings. The fourth-order valence-corrected chi connectivity index (χ4v) is 5.89. The highest BCUT2D eigenvalue weighted by Crippen LogP contribution is 2.37. The molecule has 0 radical (unpaired) electrons. The highest BCUT2D eigenvalue weighted by molar-refractivity contribution is 7.99. The van der Waals surface area contributed by atoms with Crippen LogP contribution in [0.25, 0.3) is 11.3 Å². The van der Waals surface area contributed by atoms with Crippen LogP contribution in [0.5, 0.6) is 23.3 Å². The fourth-order valence-electron chi connectivity index (χ4n) is 4.82. The molecule has 0 spiro atoms. The van der Waals surface area contributed by atoms with E-state index in [9.17, 15) is 4.79 Å². The smallest absolute Gasteiger partial charge is 0.213 e. The van der Waals surface area contributed by atoms with Gasteiger partial charge in [0.15, 0.2) is 6.29 Å². The van der Waals surface area contributed by atoms with E-state index in [1.165, 1.54) is 13.3 Å². The number of nitrogens with two attached hydrogens (primary N) is 1. The van der Waals surface area contributed by atoms with E-state index >= 15 is 0 Å². The van der Waals surface area contributed by atoms with Crippen molar-refractivity contribution >= 4 is 54.4 Å². The van der Waals surface area contributed by atoms with Gasteiger partial charge in [-0.05, 0) is 12.1 Å². The third-order valence-electron chi connectivity index (χ3n) is 7.18. The number of hydrogen-bond acceptors (Lipinski definition) is 13. The molecule has 13 nitrogen and oxygen atoms in total. The molecule has 6 aromatic heterocycles. The Morgan fingerprint density at radius 2 is 1.45 bits per heavy atom. The number of aldehydes is 1. The number of imidazole rings is 2. The Hall–Kier alpha value is -4.54. The summed E-state index contributed by atoms with van der Waals surface area (Å²) in [5.41, 5.74) is 10.1. The van der Waals surface area contributed by atoms with E-state index in [0.717, 1.165) is 58.1 Å². The number of thiol groups is 1. The Labute approximate surface area is 313 Å². The van der Waals surface area contributed by atoms with E-state index in [2.05, 4.69) is 37.9 Å². The van der Waals surface area contributed by atoms with Crippen LogP contribution in [-0.2, 0) is 13.2 Å². The Morgan fingerprint density at radius 1 is 0.902 bits per heavy atom. The van der Waals surface area contributed by atoms with Crippen LogP contribution in [0, 0.1) is 0 Å². The topological polar surface area (TPSA) is 152 Å². The maximum Gasteiger partial charge on any atom is 0.213 e. The van der Waals surface area contributed by atoms with E-state index in [4.69, 9.17) is 24.7 Å². The molecule has 0 bridgehead atoms. The molecule has 7 heterocycles. The number of halogens is 1. The molecule has 272 valence electrons. The lowest BCUT2D eigenvalue weighted by Gasteiger charge is -2.16. The van der Waals surface area contributed by atoms with E-state index in [1.54, 1.807) is 31.8 Å². The fraction of sp³-hybridized carbons (Fsp3) is 0.286. The summed E-state index contributed by atoms with van der Waals surface area (Å²) in [6.07, 6.45) is 15.1. The summed E-state index contributed by atoms with van der Waals surface area (Å²) in [7, 11) is 3.12. The van der Waals surface area contributed by atoms with Gasteiger partial charge in [0.25, 0.3) is 0 Å². The Kier molecular flexibility index (Phi) is 16.8. The van der Waals surface area contributed by atoms with Crippen molar-refractivity contribution in [3.05, 3.63) is 108 Å². The van der Waals surface area contributed by atoms with E-state index < -0.39 is 0 Å². The lowest BCUT2D eigenvalue weighted by molar-refractivity contribution is 0.111. The summed E-state index contributed by atoms with van der Waals surface area (Å²) < 4.78 is 25.9. The molecule has 0 saturated carbocycles. The number of carbonyl (C=O) groups excluding carboxylic acids is 1. The molecular formula is C35H43ClN8O5S2. The van der Waals surface area contributed by atoms with Crippen LogP contribution in [0.4, 0.5) is 0 Å². The molecule has 1 fully saturated rings. The summed E-state index contributed by atoms with van der Waals surface area (Å²) in [6.45, 7) is 2.42. The van der Waals surface area contributed by atoms with Crippen molar-refractivity contribution in [1.82, 2.24) is 34.1 Å². The predicted molar refractivity (Wildman–Crippen MR) is 206 cm³/mol. The van der Waals surface area contributed by atoms with Crippen LogP contribution < -0.4 is 30.0 Å². The number of rotatable bonds is 11. The van der Waals surface area contributed by atoms with Gasteiger partial charge in [0.1, 0.15) is 36.0 Å². The van der Waals surface area contributed by atoms with Gasteiger partial charge in [0.2, 0.25) is 11.8 Å². The molecule has 3 N–H and O–H groups in total. The van der Waals surface area contributed by atoms with Crippen molar-refractivity contribution in [3.63, 3.8) is 0 Å². The Balaban J connectivity index is 0.000000243. The van der Waals surface area contributed by atoms with Crippen molar-refractivity contribution in [2.45, 2.75) is 26.0 Å². The van der Waals surface area contributed by atoms with Crippen LogP contribution >= 0.6 is 36.8 Å². The number of aromatic nitrogens is 6. The minimum Gasteiger partial charge on any atom is -0.487 e. The van der Waals surface area contributed by atoms with Crippen LogP contribution in [0.2, 0.25) is 0 Å². The van der Waals surface area contributed by atoms with Crippen molar-refractivity contribution in [2.24, 2.45) is 5.73 Å². The second kappa shape index (κ2) is 21.0. The second-order valence-electron chi connectivity index (χ2n) is 10.3. The lowest BCUT2D eigenvalue weighted by atomic mass is 10.2. The van der Waals surface area contributed by atoms with Gasteiger partial charge in [-0.1, -0.05) is 19.6 Å². The van der Waals surface area contributed by atoms with Gasteiger partial charge in [-0.3, -0.25) is 4.79 Å². The quantitative estimate of drug-likeness (QED) is 0.110. The zero-order chi connectivity index (χ0) is 34.4. The van der Waals surface area contributed by atoms with Crippen LogP contribution in [0.1, 0.15) is 39.8 Å². The Morgan fingerprint density at radius 3 is 1.96 bits per heavy atom. The highest BCUT2D eigenvalue weighted by atomic mass is 35.5. The number of pyridine rings is 4. The normalized spacial score (nSPS) is 13.1. The van der Waals surface area contributed by atoms with Gasteiger partial charge in [0, 0.05) is 90.6 Å². The first kappa shape index (κ1) is 40.9. The summed E-state index contributed by atoms with van der Waals surface area (Å²) in [5, 5.41) is 3.68. The number of methoxy groups -OCH3 is 2. The van der Waals surface area contributed by atoms with E-state index in [0.29, 0.717) is 42.8 Å². The summed E-state index contributed by atoms with van der Waals surface area (Å²) in [4.78, 5) is 28.1. The number of thioether (sulfide) groups is 1. The van der Waals surface area contributed by atoms with Crippen molar-refractivity contribution in [3.8, 4) is 23.3 Å². The lowest BCUT2D eigenvalue weighted by Crippen LogP contribution is -2.14. The second-order valence-corrected chi connectivity index (χ2v) is 12.0. The number of ether oxygens (including phenoxy) is 4. The number of nitrogens with one attached hydrogen (secondary N) is 1. The third-order valence-corrected chi connectivity index (χ3v) is 8.64. The molecule has 1 unspecified atom stereocenters. The first-order chi connectivity index (χ1) is 24.1. The average molecular weight is 755 g/mol. The van der Waals surface area contributed by atoms with Gasteiger partial charge < -0.3 is 38.8 Å². The standard InChI is InChI=1S/C17H18N4O2S.C15H13N3O3.C2H7NS.CH4.ClH/c1-22-15-9-13(17-19-5-8-24-17)14(10-20-15)23-11-12-3-2-6-21-7-4-18-16(12)21;1-20-14-7-12(9-19)13(8-17-14)21-10-11-3-2-5-18-6-4-16-15(11)18;3-1-2-4;;/h2-4,6-7,9-10,17,19H,5,8,11H2,1H3;2-9H,10H2,1H3;4H,1-3H2;1H4;1H. The summed E-state index contributed by atoms with van der Waals surface area (Å²) in [5.74, 6) is 4.04. The maximum atomic E-state index is 11.1. The van der Waals surface area contributed by atoms with Crippen molar-refractivity contribution in [2.75, 3.05) is 38.8 Å². The summed E-state index contributed by atoms with van der Waals surface area (Å²) in [6, 6.07) is 11.4. The Bertz CT molecular complexity index is 1950. The van der Waals surface area contributed by atoms with Crippen molar-refractivity contribution < 1.29 is 23.7 Å². The zero-order valence-electron chi connectivity index (χ0n) is 27.5. The highest BCUT2D eigenvalue weighted by Gasteiger charge is 2.22. The molecule has 7 rings (SSSR count). The predicted octanol–water partition coefficient (Wildman–Crippen LogP) is 5.71. The summed E-state index contributed by atoms with van der Waals surface area (Å²) >= 11 is 5.66. The first-order valence-electron chi connectivity index (χ1n) is 15.3. The monoisotopic (exact) mass is 754 g/mol. The van der Waals surface area contributed by atoms with Gasteiger partial charge in [-0.15, -0.1) is 24.2 Å². The molecule has 0 aliphatic carbocycles. The minimum atomic E-state index is 0. The van der Waals surface area contributed by atoms with Gasteiger partial charge >= 0.3 is 0 Å². The maximum absolute atomic E-state index is 11.1. The molecule has 51 heavy (non-hydrogen) atoms. The molecule has 1 saturated heterocycles. The number of carbonyl (C=O) groups is 1. The molecule has 1 aliphatic heterocycles. The first-order valence-corrected chi connectivity index (χ1v) is 17.0. The molecular weight excluding hydrogens is 712 g/mol.